The van der Waals surface area contributed by atoms with E-state index in [9.17, 15) is 0 Å². The summed E-state index contributed by atoms with van der Waals surface area (Å²) in [5.41, 5.74) is 5.55. The average Bonchev–Trinajstić information content (AvgIpc) is 3.58. The molecule has 0 aliphatic carbocycles. The maximum Gasteiger partial charge on any atom is 2.00 e. The van der Waals surface area contributed by atoms with Crippen LogP contribution in [0, 0.1) is 18.7 Å². The van der Waals surface area contributed by atoms with Gasteiger partial charge in [0.15, 0.2) is 0 Å². The van der Waals surface area contributed by atoms with Gasteiger partial charge in [0, 0.05) is 28.6 Å². The Morgan fingerprint density at radius 3 is 2.60 bits per heavy atom. The van der Waals surface area contributed by atoms with Gasteiger partial charge in [-0.05, 0) is 46.3 Å². The van der Waals surface area contributed by atoms with E-state index in [1.165, 1.54) is 5.56 Å². The van der Waals surface area contributed by atoms with Crippen molar-refractivity contribution in [3.8, 4) is 28.6 Å². The predicted octanol–water partition coefficient (Wildman–Crippen LogP) is 9.23. The monoisotopic (exact) mass is 727 g/mol. The van der Waals surface area contributed by atoms with Crippen LogP contribution in [0.4, 0.5) is 5.69 Å². The van der Waals surface area contributed by atoms with E-state index < -0.39 is 0 Å². The van der Waals surface area contributed by atoms with Gasteiger partial charge in [-0.2, -0.15) is 6.07 Å². The third-order valence-electron chi connectivity index (χ3n) is 7.19. The van der Waals surface area contributed by atoms with Gasteiger partial charge in [-0.3, -0.25) is 4.85 Å². The van der Waals surface area contributed by atoms with Gasteiger partial charge in [0.25, 0.3) is 0 Å². The van der Waals surface area contributed by atoms with Crippen molar-refractivity contribution in [1.29, 1.82) is 0 Å². The largest absolute Gasteiger partial charge is 2.00 e. The maximum absolute atomic E-state index is 7.64. The molecule has 7 rings (SSSR count). The molecular formula is C35H24N4O2Pt. The van der Waals surface area contributed by atoms with Crippen molar-refractivity contribution in [3.63, 3.8) is 0 Å². The summed E-state index contributed by atoms with van der Waals surface area (Å²) in [5, 5.41) is 3.08. The van der Waals surface area contributed by atoms with Gasteiger partial charge in [-0.1, -0.05) is 62.7 Å². The van der Waals surface area contributed by atoms with Crippen LogP contribution in [0.1, 0.15) is 26.3 Å². The summed E-state index contributed by atoms with van der Waals surface area (Å²) in [6.45, 7) is 14.2. The Balaban J connectivity index is 0.00000316. The fourth-order valence-electron chi connectivity index (χ4n) is 5.10. The number of para-hydroxylation sites is 1. The molecule has 0 amide bonds. The van der Waals surface area contributed by atoms with Crippen LogP contribution in [0.25, 0.3) is 54.7 Å². The molecule has 4 heterocycles. The summed E-state index contributed by atoms with van der Waals surface area (Å²) in [6.07, 6.45) is 5.16. The number of hydrogen-bond donors (Lipinski definition) is 0. The van der Waals surface area contributed by atoms with Crippen molar-refractivity contribution in [2.75, 3.05) is 0 Å². The molecule has 0 bridgehead atoms. The summed E-state index contributed by atoms with van der Waals surface area (Å²) in [5.74, 6) is 1.74. The van der Waals surface area contributed by atoms with E-state index in [1.807, 2.05) is 42.6 Å². The van der Waals surface area contributed by atoms with Crippen LogP contribution in [0.5, 0.6) is 11.5 Å². The van der Waals surface area contributed by atoms with Gasteiger partial charge in [-0.15, -0.1) is 29.1 Å². The number of nitrogens with zero attached hydrogens (tertiary/aromatic N) is 4. The number of ether oxygens (including phenoxy) is 1. The molecule has 42 heavy (non-hydrogen) atoms. The predicted molar refractivity (Wildman–Crippen MR) is 161 cm³/mol. The third kappa shape index (κ3) is 4.87. The number of pyridine rings is 2. The van der Waals surface area contributed by atoms with Crippen LogP contribution in [-0.4, -0.2) is 14.5 Å². The second-order valence-corrected chi connectivity index (χ2v) is 10.9. The molecule has 7 heteroatoms. The summed E-state index contributed by atoms with van der Waals surface area (Å²) in [4.78, 5) is 12.9. The van der Waals surface area contributed by atoms with Crippen molar-refractivity contribution < 1.29 is 30.2 Å². The molecule has 7 aromatic rings. The molecule has 206 valence electrons. The van der Waals surface area contributed by atoms with Gasteiger partial charge in [-0.25, -0.2) is 4.98 Å². The zero-order valence-electron chi connectivity index (χ0n) is 23.1. The zero-order valence-corrected chi connectivity index (χ0v) is 25.4. The van der Waals surface area contributed by atoms with Crippen LogP contribution in [0.3, 0.4) is 0 Å². The van der Waals surface area contributed by atoms with Gasteiger partial charge in [0.2, 0.25) is 0 Å². The number of fused-ring (bicyclic) bond motifs is 4. The Hall–Kier alpha value is -4.72. The molecule has 0 saturated carbocycles. The van der Waals surface area contributed by atoms with Gasteiger partial charge < -0.3 is 18.7 Å². The van der Waals surface area contributed by atoms with E-state index in [2.05, 4.69) is 71.6 Å². The van der Waals surface area contributed by atoms with E-state index in [-0.39, 0.29) is 26.5 Å². The van der Waals surface area contributed by atoms with Crippen molar-refractivity contribution in [1.82, 2.24) is 14.5 Å². The summed E-state index contributed by atoms with van der Waals surface area (Å²) in [7, 11) is 0. The van der Waals surface area contributed by atoms with Gasteiger partial charge in [0.05, 0.1) is 19.0 Å². The van der Waals surface area contributed by atoms with Crippen molar-refractivity contribution >= 4 is 38.5 Å². The molecule has 0 aliphatic rings. The molecule has 0 N–H and O–H groups in total. The average molecular weight is 728 g/mol. The van der Waals surface area contributed by atoms with Crippen LogP contribution in [-0.2, 0) is 26.5 Å². The molecular weight excluding hydrogens is 703 g/mol. The molecule has 0 spiro atoms. The molecule has 4 aromatic heterocycles. The topological polar surface area (TPSA) is 57.4 Å². The molecule has 0 aliphatic heterocycles. The summed E-state index contributed by atoms with van der Waals surface area (Å²) >= 11 is 0. The fraction of sp³-hybridized carbons (Fsp3) is 0.114. The fourth-order valence-corrected chi connectivity index (χ4v) is 5.10. The molecule has 0 saturated heterocycles. The van der Waals surface area contributed by atoms with Gasteiger partial charge in [0.1, 0.15) is 17.1 Å². The van der Waals surface area contributed by atoms with E-state index >= 15 is 0 Å². The maximum atomic E-state index is 7.64. The zero-order chi connectivity index (χ0) is 28.1. The first kappa shape index (κ1) is 27.4. The van der Waals surface area contributed by atoms with Crippen molar-refractivity contribution in [2.45, 2.75) is 26.2 Å². The molecule has 0 unspecified atom stereocenters. The first-order chi connectivity index (χ1) is 19.9. The minimum absolute atomic E-state index is 0. The number of benzene rings is 3. The quantitative estimate of drug-likeness (QED) is 0.170. The molecule has 0 atom stereocenters. The van der Waals surface area contributed by atoms with Gasteiger partial charge >= 0.3 is 21.1 Å². The minimum atomic E-state index is -0.0209. The van der Waals surface area contributed by atoms with E-state index in [4.69, 9.17) is 20.7 Å². The number of furan rings is 1. The van der Waals surface area contributed by atoms with E-state index in [0.717, 1.165) is 33.0 Å². The van der Waals surface area contributed by atoms with E-state index in [1.54, 1.807) is 24.6 Å². The number of aromatic nitrogens is 3. The molecule has 3 aromatic carbocycles. The van der Waals surface area contributed by atoms with E-state index in [0.29, 0.717) is 34.0 Å². The first-order valence-corrected chi connectivity index (χ1v) is 13.3. The van der Waals surface area contributed by atoms with Crippen LogP contribution in [0.15, 0.2) is 95.9 Å². The van der Waals surface area contributed by atoms with Crippen LogP contribution >= 0.6 is 0 Å². The third-order valence-corrected chi connectivity index (χ3v) is 7.19. The second-order valence-electron chi connectivity index (χ2n) is 10.9. The first-order valence-electron chi connectivity index (χ1n) is 13.3. The second kappa shape index (κ2) is 10.6. The SMILES string of the molecule is [C-]#[N+]c1cc(Oc2[c-]c3c(cc2)c2ccccc2n3-c2cc(C(C)(C)C)ccn2)[c-]c(-c2cc3ccoc3cn2)c1.[Pt+2]. The molecule has 0 radical (unpaired) electrons. The Bertz CT molecular complexity index is 2150. The number of rotatable bonds is 4. The smallest absolute Gasteiger partial charge is 0.504 e. The van der Waals surface area contributed by atoms with Crippen molar-refractivity contribution in [2.24, 2.45) is 0 Å². The standard InChI is InChI=1S/C35H24N4O2.Pt/c1-35(2,3)24-11-13-37-34(18-24)39-31-8-6-5-7-28(31)29-10-9-26(20-32(29)39)41-27-16-23(15-25(19-27)36-4)30-17-22-12-14-40-33(22)21-38-30;/h5-15,17-19,21H,1-3H3;/q-2;+2. The Labute approximate surface area is 257 Å². The Morgan fingerprint density at radius 2 is 1.76 bits per heavy atom. The number of hydrogen-bond acceptors (Lipinski definition) is 4. The molecule has 0 fully saturated rings. The Morgan fingerprint density at radius 1 is 0.905 bits per heavy atom. The van der Waals surface area contributed by atoms with Crippen molar-refractivity contribution in [3.05, 3.63) is 121 Å². The summed E-state index contributed by atoms with van der Waals surface area (Å²) < 4.78 is 13.8. The summed E-state index contributed by atoms with van der Waals surface area (Å²) in [6, 6.07) is 30.4. The molecule has 6 nitrogen and oxygen atoms in total. The Kier molecular flexibility index (Phi) is 6.92. The van der Waals surface area contributed by atoms with Crippen LogP contribution in [0.2, 0.25) is 0 Å². The normalized spacial score (nSPS) is 11.5. The van der Waals surface area contributed by atoms with Crippen LogP contribution < -0.4 is 4.74 Å². The minimum Gasteiger partial charge on any atom is -0.504 e.